The van der Waals surface area contributed by atoms with E-state index in [4.69, 9.17) is 69.4 Å². The van der Waals surface area contributed by atoms with Crippen LogP contribution in [0.15, 0.2) is 110 Å². The second-order valence-corrected chi connectivity index (χ2v) is 28.6. The number of hydrogen-bond acceptors (Lipinski definition) is 26. The first-order valence-corrected chi connectivity index (χ1v) is 40.3. The van der Waals surface area contributed by atoms with Crippen LogP contribution in [0.5, 0.6) is 69.4 Å². The minimum atomic E-state index is -0.572. The average molecular weight is 1670 g/mol. The van der Waals surface area contributed by atoms with Crippen LogP contribution in [0.3, 0.4) is 0 Å². The van der Waals surface area contributed by atoms with Gasteiger partial charge in [-0.25, -0.2) is 54.5 Å². The number of amides is 1. The Hall–Kier alpha value is -11.6. The number of phenols is 1. The van der Waals surface area contributed by atoms with Crippen molar-refractivity contribution < 1.29 is 90.4 Å². The molecule has 0 unspecified atom stereocenters. The van der Waals surface area contributed by atoms with Gasteiger partial charge in [0.25, 0.3) is 0 Å². The molecule has 634 valence electrons. The van der Waals surface area contributed by atoms with E-state index in [2.05, 4.69) is 65.5 Å². The summed E-state index contributed by atoms with van der Waals surface area (Å²) in [6.45, 7) is 21.0. The number of esters is 2. The molecular weight excluding hydrogens is 1570 g/mol. The van der Waals surface area contributed by atoms with Gasteiger partial charge in [0.2, 0.25) is 23.5 Å². The van der Waals surface area contributed by atoms with Crippen molar-refractivity contribution in [2.75, 3.05) is 111 Å². The van der Waals surface area contributed by atoms with Crippen LogP contribution in [0, 0.1) is 38.2 Å². The largest absolute Gasteiger partial charge is 0.504 e. The van der Waals surface area contributed by atoms with E-state index in [9.17, 15) is 23.9 Å². The number of fused-ring (bicyclic) bond motifs is 6. The average Bonchev–Trinajstić information content (AvgIpc) is 1.42. The highest BCUT2D eigenvalue weighted by Crippen LogP contribution is 2.42. The number of rotatable bonds is 33. The molecule has 0 aliphatic carbocycles. The third-order valence-electron chi connectivity index (χ3n) is 19.5. The minimum Gasteiger partial charge on any atom is -0.504 e. The molecule has 3 aliphatic heterocycles. The molecule has 34 heteroatoms. The number of hydrogen-bond donors (Lipinski definition) is 8. The molecule has 119 heavy (non-hydrogen) atoms. The number of aryl methyl sites for hydroxylation is 3. The van der Waals surface area contributed by atoms with E-state index in [0.29, 0.717) is 108 Å². The Balaban J connectivity index is 0.000000165. The second kappa shape index (κ2) is 44.3. The van der Waals surface area contributed by atoms with Crippen molar-refractivity contribution in [3.05, 3.63) is 145 Å². The van der Waals surface area contributed by atoms with E-state index in [0.717, 1.165) is 81.5 Å². The Morgan fingerprint density at radius 2 is 0.765 bits per heavy atom. The molecule has 9 heterocycles. The van der Waals surface area contributed by atoms with Crippen molar-refractivity contribution in [2.24, 2.45) is 5.90 Å². The SMILES string of the molecule is CCOC(=O)CCOc1cc2c(Oc3ccc4[nH]c(C)cc4c3F)ncnc2cc1O.CCOC(=O)CCOc1cc2c(Oc3ccc4[nH]c(C)cc4c3F)ncnc2cc1OCCCN1CCCC1.Cc1cc2c(F)c(Oc3ncnc4cc(OCCCN5CCCC5)c(OCCC(=O)NO)cc34)ccc2[nH]1.ClCCCN1CCCC1.NO. The molecule has 3 fully saturated rings. The molecule has 9 N–H and O–H groups in total. The first-order valence-electron chi connectivity index (χ1n) is 39.7. The number of nitrogens with two attached hydrogens (primary N) is 1. The number of likely N-dealkylation sites (tertiary alicyclic amines) is 3. The molecule has 15 rings (SSSR count). The van der Waals surface area contributed by atoms with Crippen LogP contribution in [-0.2, 0) is 23.9 Å². The summed E-state index contributed by atoms with van der Waals surface area (Å²) in [6.07, 6.45) is 14.7. The molecule has 0 spiro atoms. The van der Waals surface area contributed by atoms with Gasteiger partial charge in [-0.3, -0.25) is 19.6 Å². The second-order valence-electron chi connectivity index (χ2n) is 28.2. The number of aromatic hydroxyl groups is 1. The molecule has 0 atom stereocenters. The lowest BCUT2D eigenvalue weighted by Gasteiger charge is -2.17. The lowest BCUT2D eigenvalue weighted by Crippen LogP contribution is -2.22. The monoisotopic (exact) mass is 1660 g/mol. The van der Waals surface area contributed by atoms with Crippen LogP contribution >= 0.6 is 11.6 Å². The van der Waals surface area contributed by atoms with E-state index >= 15 is 8.78 Å². The van der Waals surface area contributed by atoms with Gasteiger partial charge in [0.05, 0.1) is 98.2 Å². The number of halogens is 4. The summed E-state index contributed by atoms with van der Waals surface area (Å²) in [6, 6.07) is 24.7. The van der Waals surface area contributed by atoms with Crippen LogP contribution in [0.2, 0.25) is 0 Å². The molecular formula is C85H100ClF3N14O16. The van der Waals surface area contributed by atoms with Crippen LogP contribution < -0.4 is 49.3 Å². The fourth-order valence-corrected chi connectivity index (χ4v) is 14.0. The molecule has 6 aromatic carbocycles. The number of phenolic OH excluding ortho intramolecular Hbond substituents is 1. The lowest BCUT2D eigenvalue weighted by molar-refractivity contribution is -0.144. The summed E-state index contributed by atoms with van der Waals surface area (Å²) < 4.78 is 102. The predicted octanol–water partition coefficient (Wildman–Crippen LogP) is 15.5. The Morgan fingerprint density at radius 1 is 0.437 bits per heavy atom. The molecule has 6 aromatic heterocycles. The van der Waals surface area contributed by atoms with E-state index in [-0.39, 0.29) is 98.0 Å². The topological polar surface area (TPSA) is 377 Å². The van der Waals surface area contributed by atoms with Gasteiger partial charge in [0.1, 0.15) is 19.0 Å². The molecule has 0 bridgehead atoms. The van der Waals surface area contributed by atoms with Crippen LogP contribution in [0.1, 0.15) is 108 Å². The maximum atomic E-state index is 15.2. The zero-order chi connectivity index (χ0) is 84.2. The number of alkyl halides is 1. The van der Waals surface area contributed by atoms with Gasteiger partial charge in [0.15, 0.2) is 69.2 Å². The van der Waals surface area contributed by atoms with Gasteiger partial charge < -0.3 is 87.3 Å². The van der Waals surface area contributed by atoms with Gasteiger partial charge in [-0.05, 0) is 211 Å². The van der Waals surface area contributed by atoms with Crippen molar-refractivity contribution in [3.63, 3.8) is 0 Å². The van der Waals surface area contributed by atoms with E-state index in [1.165, 1.54) is 95.3 Å². The zero-order valence-corrected chi connectivity index (χ0v) is 67.9. The van der Waals surface area contributed by atoms with E-state index in [1.807, 2.05) is 20.8 Å². The summed E-state index contributed by atoms with van der Waals surface area (Å²) in [5, 5.41) is 28.2. The number of nitrogens with one attached hydrogen (secondary N) is 4. The standard InChI is InChI=1S/C29H33FN4O5.C27H30FN5O5.C22H20FN3O5.C7H14ClN.H3NO/c1-3-36-27(35)9-14-38-25-16-21-23(17-26(25)37-13-6-12-34-10-4-5-11-34)31-18-32-29(21)39-24-8-7-22-20(28(24)30)15-19(2)33-22;1-17-13-18-20(31-17)5-6-22(26(18)28)38-27-19-14-23(37-12-7-25(34)32-35)24(15-21(19)29-16-30-27)36-11-4-10-33-8-2-3-9-33;1-3-29-20(28)6-7-30-19-9-14-16(10-17(19)27)24-11-25-22(14)31-18-5-4-15-13(21(18)23)8-12(2)26-15;8-4-3-7-9-5-1-2-6-9;1-2/h7-8,15-18,33H,3-6,9-14H2,1-2H3;5-6,13-16,31,35H,2-4,7-12H2,1H3,(H,32,34);4-5,8-11,26-27H,3,6-7H2,1-2H3;1-7H2;2H,1H2. The number of ether oxygens (including phenoxy) is 10. The molecule has 1 amide bonds. The number of H-pyrrole nitrogens is 3. The Morgan fingerprint density at radius 3 is 1.13 bits per heavy atom. The fourth-order valence-electron chi connectivity index (χ4n) is 13.9. The molecule has 0 saturated carbocycles. The first-order chi connectivity index (χ1) is 57.9. The fraction of sp³-hybridized carbons (Fsp3) is 0.400. The number of nitrogens with zero attached hydrogens (tertiary/aromatic N) is 9. The van der Waals surface area contributed by atoms with Crippen molar-refractivity contribution in [2.45, 2.75) is 112 Å². The Labute approximate surface area is 689 Å². The number of carbonyl (C=O) groups is 3. The third kappa shape index (κ3) is 24.3. The summed E-state index contributed by atoms with van der Waals surface area (Å²) in [5.41, 5.74) is 7.62. The summed E-state index contributed by atoms with van der Waals surface area (Å²) in [4.78, 5) is 76.8. The summed E-state index contributed by atoms with van der Waals surface area (Å²) in [5.74, 6) is 3.74. The van der Waals surface area contributed by atoms with Crippen LogP contribution in [0.25, 0.3) is 65.4 Å². The first kappa shape index (κ1) is 88.2. The quantitative estimate of drug-likeness (QED) is 0.00622. The number of hydroxylamine groups is 1. The highest BCUT2D eigenvalue weighted by atomic mass is 35.5. The van der Waals surface area contributed by atoms with E-state index in [1.54, 1.807) is 92.1 Å². The molecule has 12 aromatic rings. The third-order valence-corrected chi connectivity index (χ3v) is 19.8. The lowest BCUT2D eigenvalue weighted by atomic mass is 10.2. The molecule has 3 saturated heterocycles. The van der Waals surface area contributed by atoms with Crippen molar-refractivity contribution in [1.29, 1.82) is 0 Å². The molecule has 3 aliphatic rings. The molecule has 0 radical (unpaired) electrons. The van der Waals surface area contributed by atoms with Gasteiger partial charge in [-0.1, -0.05) is 0 Å². The van der Waals surface area contributed by atoms with Gasteiger partial charge in [0, 0.05) is 87.0 Å². The number of carbonyl (C=O) groups excluding carboxylic acids is 3. The van der Waals surface area contributed by atoms with Crippen molar-refractivity contribution in [1.82, 2.24) is 65.0 Å². The highest BCUT2D eigenvalue weighted by molar-refractivity contribution is 6.17. The van der Waals surface area contributed by atoms with Gasteiger partial charge in [-0.2, -0.15) is 0 Å². The summed E-state index contributed by atoms with van der Waals surface area (Å²) in [7, 11) is 0. The minimum absolute atomic E-state index is 0.00402. The van der Waals surface area contributed by atoms with Crippen molar-refractivity contribution >= 4 is 94.9 Å². The zero-order valence-electron chi connectivity index (χ0n) is 67.2. The Kier molecular flexibility index (Phi) is 32.8. The molecule has 30 nitrogen and oxygen atoms in total. The maximum Gasteiger partial charge on any atom is 0.309 e. The normalized spacial score (nSPS) is 13.4. The number of aromatic amines is 3. The predicted molar refractivity (Wildman–Crippen MR) is 442 cm³/mol. The maximum absolute atomic E-state index is 15.2. The van der Waals surface area contributed by atoms with Gasteiger partial charge >= 0.3 is 11.9 Å². The highest BCUT2D eigenvalue weighted by Gasteiger charge is 2.24. The number of aromatic nitrogens is 9. The van der Waals surface area contributed by atoms with Crippen LogP contribution in [-0.4, -0.2) is 204 Å². The Bertz CT molecular complexity index is 5370. The van der Waals surface area contributed by atoms with E-state index < -0.39 is 29.3 Å². The van der Waals surface area contributed by atoms with Crippen molar-refractivity contribution in [3.8, 4) is 69.4 Å². The van der Waals surface area contributed by atoms with Crippen LogP contribution in [0.4, 0.5) is 13.2 Å². The smallest absolute Gasteiger partial charge is 0.309 e. The summed E-state index contributed by atoms with van der Waals surface area (Å²) >= 11 is 5.55. The number of benzene rings is 6. The van der Waals surface area contributed by atoms with Gasteiger partial charge in [-0.15, -0.1) is 11.6 Å².